The first-order valence-electron chi connectivity index (χ1n) is 7.73. The molecule has 0 aliphatic carbocycles. The summed E-state index contributed by atoms with van der Waals surface area (Å²) in [6, 6.07) is 13.7. The van der Waals surface area contributed by atoms with E-state index in [0.717, 1.165) is 23.4 Å². The number of aryl methyl sites for hydroxylation is 2. The molecule has 2 aromatic carbocycles. The van der Waals surface area contributed by atoms with Crippen LogP contribution >= 0.6 is 11.6 Å². The van der Waals surface area contributed by atoms with Crippen molar-refractivity contribution in [2.24, 2.45) is 0 Å². The van der Waals surface area contributed by atoms with Gasteiger partial charge in [-0.15, -0.1) is 5.10 Å². The highest BCUT2D eigenvalue weighted by atomic mass is 35.5. The molecule has 0 aliphatic rings. The highest BCUT2D eigenvalue weighted by Crippen LogP contribution is 2.24. The van der Waals surface area contributed by atoms with Crippen LogP contribution in [-0.4, -0.2) is 15.2 Å². The number of nitrogens with zero attached hydrogens (tertiary/aromatic N) is 3. The second-order valence-electron chi connectivity index (χ2n) is 5.39. The molecule has 0 bridgehead atoms. The fourth-order valence-corrected chi connectivity index (χ4v) is 2.53. The predicted molar refractivity (Wildman–Crippen MR) is 98.4 cm³/mol. The second-order valence-corrected chi connectivity index (χ2v) is 5.82. The lowest BCUT2D eigenvalue weighted by Gasteiger charge is -2.11. The van der Waals surface area contributed by atoms with Gasteiger partial charge >= 0.3 is 0 Å². The maximum atomic E-state index is 6.05. The van der Waals surface area contributed by atoms with Crippen LogP contribution in [0.25, 0.3) is 0 Å². The summed E-state index contributed by atoms with van der Waals surface area (Å²) in [6.45, 7) is 4.11. The predicted octanol–water partition coefficient (Wildman–Crippen LogP) is 4.88. The molecule has 3 rings (SSSR count). The van der Waals surface area contributed by atoms with E-state index in [-0.39, 0.29) is 0 Å². The van der Waals surface area contributed by atoms with Crippen LogP contribution in [0.2, 0.25) is 5.02 Å². The summed E-state index contributed by atoms with van der Waals surface area (Å²) >= 11 is 6.05. The van der Waals surface area contributed by atoms with Crippen molar-refractivity contribution in [3.63, 3.8) is 0 Å². The van der Waals surface area contributed by atoms with E-state index < -0.39 is 0 Å². The summed E-state index contributed by atoms with van der Waals surface area (Å²) < 4.78 is 0. The fraction of sp³-hybridized carbons (Fsp3) is 0.167. The zero-order valence-electron chi connectivity index (χ0n) is 13.5. The Morgan fingerprint density at radius 1 is 1.04 bits per heavy atom. The van der Waals surface area contributed by atoms with Crippen molar-refractivity contribution in [3.8, 4) is 0 Å². The number of hydrogen-bond acceptors (Lipinski definition) is 5. The molecule has 1 aromatic heterocycles. The molecule has 0 atom stereocenters. The van der Waals surface area contributed by atoms with Gasteiger partial charge in [0.15, 0.2) is 5.82 Å². The number of aromatic nitrogens is 3. The zero-order valence-corrected chi connectivity index (χ0v) is 14.3. The smallest absolute Gasteiger partial charge is 0.249 e. The summed E-state index contributed by atoms with van der Waals surface area (Å²) in [5, 5.41) is 15.2. The molecular formula is C18H18ClN5. The Balaban J connectivity index is 1.83. The molecule has 0 radical (unpaired) electrons. The Kier molecular flexibility index (Phi) is 4.91. The molecule has 3 aromatic rings. The van der Waals surface area contributed by atoms with Crippen LogP contribution in [0.15, 0.2) is 48.7 Å². The Morgan fingerprint density at radius 3 is 2.71 bits per heavy atom. The third-order valence-corrected chi connectivity index (χ3v) is 3.90. The van der Waals surface area contributed by atoms with E-state index >= 15 is 0 Å². The highest BCUT2D eigenvalue weighted by molar-refractivity contribution is 6.30. The standard InChI is InChI=1S/C18H18ClN5/c1-3-13-6-4-5-7-15(13)22-18-23-17(11-20-24-18)21-16-10-14(19)9-8-12(16)2/h4-11H,3H2,1-2H3,(H2,21,22,23,24). The number of anilines is 4. The summed E-state index contributed by atoms with van der Waals surface area (Å²) in [4.78, 5) is 4.47. The number of rotatable bonds is 5. The van der Waals surface area contributed by atoms with Crippen molar-refractivity contribution in [3.05, 3.63) is 64.8 Å². The van der Waals surface area contributed by atoms with E-state index in [1.54, 1.807) is 6.20 Å². The van der Waals surface area contributed by atoms with Gasteiger partial charge in [0.25, 0.3) is 0 Å². The van der Waals surface area contributed by atoms with E-state index in [4.69, 9.17) is 11.6 Å². The monoisotopic (exact) mass is 339 g/mol. The molecule has 0 saturated carbocycles. The van der Waals surface area contributed by atoms with Gasteiger partial charge in [-0.2, -0.15) is 10.1 Å². The van der Waals surface area contributed by atoms with Gasteiger partial charge in [0, 0.05) is 16.4 Å². The molecule has 0 unspecified atom stereocenters. The molecule has 5 nitrogen and oxygen atoms in total. The molecule has 122 valence electrons. The average Bonchev–Trinajstić information content (AvgIpc) is 2.59. The molecular weight excluding hydrogens is 322 g/mol. The van der Waals surface area contributed by atoms with Crippen molar-refractivity contribution >= 4 is 34.7 Å². The Hall–Kier alpha value is -2.66. The van der Waals surface area contributed by atoms with Crippen LogP contribution in [-0.2, 0) is 6.42 Å². The minimum absolute atomic E-state index is 0.445. The lowest BCUT2D eigenvalue weighted by molar-refractivity contribution is 0.980. The van der Waals surface area contributed by atoms with Gasteiger partial charge in [-0.3, -0.25) is 0 Å². The molecule has 0 spiro atoms. The number of benzene rings is 2. The average molecular weight is 340 g/mol. The molecule has 0 fully saturated rings. The molecule has 2 N–H and O–H groups in total. The molecule has 0 aliphatic heterocycles. The van der Waals surface area contributed by atoms with Crippen molar-refractivity contribution < 1.29 is 0 Å². The van der Waals surface area contributed by atoms with Gasteiger partial charge in [-0.25, -0.2) is 0 Å². The van der Waals surface area contributed by atoms with Crippen LogP contribution in [0, 0.1) is 6.92 Å². The van der Waals surface area contributed by atoms with Gasteiger partial charge < -0.3 is 10.6 Å². The molecule has 24 heavy (non-hydrogen) atoms. The first kappa shape index (κ1) is 16.2. The Labute approximate surface area is 146 Å². The zero-order chi connectivity index (χ0) is 16.9. The van der Waals surface area contributed by atoms with Crippen LogP contribution in [0.4, 0.5) is 23.1 Å². The lowest BCUT2D eigenvalue weighted by Crippen LogP contribution is -2.04. The molecule has 0 saturated heterocycles. The van der Waals surface area contributed by atoms with Crippen LogP contribution in [0.3, 0.4) is 0 Å². The maximum Gasteiger partial charge on any atom is 0.249 e. The number of halogens is 1. The van der Waals surface area contributed by atoms with Gasteiger partial charge in [0.2, 0.25) is 5.95 Å². The van der Waals surface area contributed by atoms with Crippen molar-refractivity contribution in [2.45, 2.75) is 20.3 Å². The summed E-state index contributed by atoms with van der Waals surface area (Å²) in [7, 11) is 0. The normalized spacial score (nSPS) is 10.5. The summed E-state index contributed by atoms with van der Waals surface area (Å²) in [6.07, 6.45) is 2.51. The molecule has 6 heteroatoms. The van der Waals surface area contributed by atoms with Crippen molar-refractivity contribution in [2.75, 3.05) is 10.6 Å². The van der Waals surface area contributed by atoms with Crippen LogP contribution in [0.1, 0.15) is 18.1 Å². The maximum absolute atomic E-state index is 6.05. The summed E-state index contributed by atoms with van der Waals surface area (Å²) in [5.74, 6) is 1.05. The third kappa shape index (κ3) is 3.81. The highest BCUT2D eigenvalue weighted by Gasteiger charge is 2.06. The minimum atomic E-state index is 0.445. The molecule has 0 amide bonds. The number of hydrogen-bond donors (Lipinski definition) is 2. The van der Waals surface area contributed by atoms with Crippen molar-refractivity contribution in [1.29, 1.82) is 0 Å². The largest absolute Gasteiger partial charge is 0.339 e. The second kappa shape index (κ2) is 7.27. The van der Waals surface area contributed by atoms with E-state index in [0.29, 0.717) is 16.8 Å². The van der Waals surface area contributed by atoms with Crippen LogP contribution < -0.4 is 10.6 Å². The number of para-hydroxylation sites is 1. The topological polar surface area (TPSA) is 62.7 Å². The summed E-state index contributed by atoms with van der Waals surface area (Å²) in [5.41, 5.74) is 4.15. The van der Waals surface area contributed by atoms with Gasteiger partial charge in [-0.05, 0) is 42.7 Å². The minimum Gasteiger partial charge on any atom is -0.339 e. The quantitative estimate of drug-likeness (QED) is 0.693. The van der Waals surface area contributed by atoms with Crippen molar-refractivity contribution in [1.82, 2.24) is 15.2 Å². The lowest BCUT2D eigenvalue weighted by atomic mass is 10.1. The number of nitrogens with one attached hydrogen (secondary N) is 2. The van der Waals surface area contributed by atoms with Crippen LogP contribution in [0.5, 0.6) is 0 Å². The SMILES string of the molecule is CCc1ccccc1Nc1nncc(Nc2cc(Cl)ccc2C)n1. The van der Waals surface area contributed by atoms with Gasteiger partial charge in [0.05, 0.1) is 6.20 Å². The molecule has 1 heterocycles. The van der Waals surface area contributed by atoms with E-state index in [2.05, 4.69) is 38.8 Å². The first-order valence-corrected chi connectivity index (χ1v) is 8.11. The first-order chi connectivity index (χ1) is 11.7. The third-order valence-electron chi connectivity index (χ3n) is 3.67. The van der Waals surface area contributed by atoms with E-state index in [9.17, 15) is 0 Å². The van der Waals surface area contributed by atoms with Gasteiger partial charge in [0.1, 0.15) is 0 Å². The van der Waals surface area contributed by atoms with Gasteiger partial charge in [-0.1, -0.05) is 42.8 Å². The fourth-order valence-electron chi connectivity index (χ4n) is 2.35. The Morgan fingerprint density at radius 2 is 1.88 bits per heavy atom. The van der Waals surface area contributed by atoms with E-state index in [1.807, 2.05) is 43.3 Å². The van der Waals surface area contributed by atoms with E-state index in [1.165, 1.54) is 5.56 Å². The Bertz CT molecular complexity index is 850.